The molecule has 0 aliphatic rings. The molecule has 0 bridgehead atoms. The van der Waals surface area contributed by atoms with Crippen LogP contribution in [0.25, 0.3) is 22.1 Å². The third-order valence-corrected chi connectivity index (χ3v) is 4.05. The Morgan fingerprint density at radius 1 is 1.12 bits per heavy atom. The molecule has 1 aromatic heterocycles. The number of benzene rings is 2. The molecule has 1 heterocycles. The van der Waals surface area contributed by atoms with Crippen LogP contribution in [0.15, 0.2) is 57.7 Å². The maximum absolute atomic E-state index is 12.4. The molecule has 0 aliphatic heterocycles. The van der Waals surface area contributed by atoms with Crippen LogP contribution in [0.5, 0.6) is 5.75 Å². The standard InChI is InChI=1S/C20H18O5/c1-12-16-11-15(24-13(2)19(21)23-3)9-10-17(16)25-20(22)18(12)14-7-5-4-6-8-14/h4-11,13H,1-3H3/t13-/m1/s1. The Morgan fingerprint density at radius 3 is 2.52 bits per heavy atom. The van der Waals surface area contributed by atoms with Gasteiger partial charge in [0.15, 0.2) is 6.10 Å². The normalized spacial score (nSPS) is 12.0. The molecule has 0 unspecified atom stereocenters. The number of carbonyl (C=O) groups excluding carboxylic acids is 1. The SMILES string of the molecule is COC(=O)[C@@H](C)Oc1ccc2oc(=O)c(-c3ccccc3)c(C)c2c1. The van der Waals surface area contributed by atoms with Gasteiger partial charge >= 0.3 is 11.6 Å². The van der Waals surface area contributed by atoms with E-state index < -0.39 is 12.1 Å². The van der Waals surface area contributed by atoms with Crippen molar-refractivity contribution in [3.63, 3.8) is 0 Å². The minimum absolute atomic E-state index is 0.382. The number of hydrogen-bond donors (Lipinski definition) is 0. The molecule has 0 radical (unpaired) electrons. The summed E-state index contributed by atoms with van der Waals surface area (Å²) in [6.45, 7) is 3.48. The molecule has 0 spiro atoms. The van der Waals surface area contributed by atoms with Gasteiger partial charge in [0.05, 0.1) is 12.7 Å². The molecule has 5 heteroatoms. The summed E-state index contributed by atoms with van der Waals surface area (Å²) in [5, 5.41) is 0.757. The van der Waals surface area contributed by atoms with E-state index in [1.165, 1.54) is 7.11 Å². The largest absolute Gasteiger partial charge is 0.479 e. The van der Waals surface area contributed by atoms with E-state index in [0.29, 0.717) is 16.9 Å². The molecular formula is C20H18O5. The lowest BCUT2D eigenvalue weighted by molar-refractivity contribution is -0.147. The molecule has 2 aromatic carbocycles. The van der Waals surface area contributed by atoms with Gasteiger partial charge in [-0.25, -0.2) is 9.59 Å². The molecule has 3 rings (SSSR count). The quantitative estimate of drug-likeness (QED) is 0.536. The van der Waals surface area contributed by atoms with Crippen molar-refractivity contribution in [3.8, 4) is 16.9 Å². The zero-order valence-electron chi connectivity index (χ0n) is 14.2. The monoisotopic (exact) mass is 338 g/mol. The van der Waals surface area contributed by atoms with Gasteiger partial charge in [-0.2, -0.15) is 0 Å². The summed E-state index contributed by atoms with van der Waals surface area (Å²) in [6, 6.07) is 14.5. The van der Waals surface area contributed by atoms with Crippen LogP contribution in [0.2, 0.25) is 0 Å². The molecule has 0 fully saturated rings. The van der Waals surface area contributed by atoms with Crippen LogP contribution < -0.4 is 10.4 Å². The lowest BCUT2D eigenvalue weighted by Crippen LogP contribution is -2.24. The van der Waals surface area contributed by atoms with Crippen LogP contribution in [0, 0.1) is 6.92 Å². The van der Waals surface area contributed by atoms with E-state index in [-0.39, 0.29) is 5.63 Å². The van der Waals surface area contributed by atoms with Gasteiger partial charge in [0, 0.05) is 5.39 Å². The van der Waals surface area contributed by atoms with E-state index in [9.17, 15) is 9.59 Å². The molecule has 1 atom stereocenters. The average Bonchev–Trinajstić information content (AvgIpc) is 2.62. The molecule has 0 saturated carbocycles. The summed E-state index contributed by atoms with van der Waals surface area (Å²) in [6.07, 6.45) is -0.730. The summed E-state index contributed by atoms with van der Waals surface area (Å²) < 4.78 is 15.7. The molecule has 5 nitrogen and oxygen atoms in total. The van der Waals surface area contributed by atoms with Crippen molar-refractivity contribution < 1.29 is 18.7 Å². The van der Waals surface area contributed by atoms with Gasteiger partial charge in [-0.15, -0.1) is 0 Å². The molecule has 128 valence electrons. The molecule has 0 amide bonds. The predicted molar refractivity (Wildman–Crippen MR) is 94.8 cm³/mol. The highest BCUT2D eigenvalue weighted by atomic mass is 16.6. The second kappa shape index (κ2) is 6.81. The van der Waals surface area contributed by atoms with Crippen molar-refractivity contribution in [1.29, 1.82) is 0 Å². The minimum atomic E-state index is -0.730. The minimum Gasteiger partial charge on any atom is -0.479 e. The smallest absolute Gasteiger partial charge is 0.346 e. The fourth-order valence-corrected chi connectivity index (χ4v) is 2.76. The first-order valence-corrected chi connectivity index (χ1v) is 7.88. The number of esters is 1. The van der Waals surface area contributed by atoms with Gasteiger partial charge in [0.25, 0.3) is 0 Å². The highest BCUT2D eigenvalue weighted by Gasteiger charge is 2.17. The first kappa shape index (κ1) is 16.8. The van der Waals surface area contributed by atoms with E-state index in [4.69, 9.17) is 9.15 Å². The van der Waals surface area contributed by atoms with Crippen LogP contribution in [0.3, 0.4) is 0 Å². The van der Waals surface area contributed by atoms with Gasteiger partial charge in [-0.3, -0.25) is 0 Å². The molecule has 3 aromatic rings. The first-order valence-electron chi connectivity index (χ1n) is 7.88. The van der Waals surface area contributed by atoms with E-state index in [2.05, 4.69) is 4.74 Å². The van der Waals surface area contributed by atoms with Crippen LogP contribution >= 0.6 is 0 Å². The second-order valence-electron chi connectivity index (χ2n) is 5.70. The Kier molecular flexibility index (Phi) is 4.57. The Morgan fingerprint density at radius 2 is 1.84 bits per heavy atom. The van der Waals surface area contributed by atoms with E-state index in [0.717, 1.165) is 16.5 Å². The Labute approximate surface area is 144 Å². The van der Waals surface area contributed by atoms with Crippen LogP contribution in [-0.4, -0.2) is 19.2 Å². The van der Waals surface area contributed by atoms with Crippen molar-refractivity contribution in [2.24, 2.45) is 0 Å². The summed E-state index contributed by atoms with van der Waals surface area (Å²) in [4.78, 5) is 23.9. The van der Waals surface area contributed by atoms with Crippen molar-refractivity contribution >= 4 is 16.9 Å². The number of carbonyl (C=O) groups is 1. The van der Waals surface area contributed by atoms with E-state index >= 15 is 0 Å². The summed E-state index contributed by atoms with van der Waals surface area (Å²) in [7, 11) is 1.31. The highest BCUT2D eigenvalue weighted by Crippen LogP contribution is 2.29. The van der Waals surface area contributed by atoms with E-state index in [1.54, 1.807) is 25.1 Å². The third kappa shape index (κ3) is 3.26. The van der Waals surface area contributed by atoms with Crippen molar-refractivity contribution in [1.82, 2.24) is 0 Å². The molecular weight excluding hydrogens is 320 g/mol. The summed E-state index contributed by atoms with van der Waals surface area (Å²) in [5.41, 5.74) is 2.21. The van der Waals surface area contributed by atoms with Gasteiger partial charge in [-0.1, -0.05) is 30.3 Å². The maximum atomic E-state index is 12.4. The zero-order valence-corrected chi connectivity index (χ0v) is 14.2. The maximum Gasteiger partial charge on any atom is 0.346 e. The molecule has 0 N–H and O–H groups in total. The second-order valence-corrected chi connectivity index (χ2v) is 5.70. The topological polar surface area (TPSA) is 65.7 Å². The van der Waals surface area contributed by atoms with Crippen molar-refractivity contribution in [2.75, 3.05) is 7.11 Å². The summed E-state index contributed by atoms with van der Waals surface area (Å²) >= 11 is 0. The molecule has 0 aliphatic carbocycles. The molecule has 25 heavy (non-hydrogen) atoms. The third-order valence-electron chi connectivity index (χ3n) is 4.05. The number of rotatable bonds is 4. The highest BCUT2D eigenvalue weighted by molar-refractivity contribution is 5.87. The lowest BCUT2D eigenvalue weighted by Gasteiger charge is -2.14. The number of aryl methyl sites for hydroxylation is 1. The zero-order chi connectivity index (χ0) is 18.0. The number of hydrogen-bond acceptors (Lipinski definition) is 5. The average molecular weight is 338 g/mol. The van der Waals surface area contributed by atoms with Gasteiger partial charge in [0.2, 0.25) is 0 Å². The van der Waals surface area contributed by atoms with Crippen molar-refractivity contribution in [2.45, 2.75) is 20.0 Å². The van der Waals surface area contributed by atoms with Crippen LogP contribution in [0.4, 0.5) is 0 Å². The van der Waals surface area contributed by atoms with Gasteiger partial charge < -0.3 is 13.9 Å². The fraction of sp³-hybridized carbons (Fsp3) is 0.200. The number of fused-ring (bicyclic) bond motifs is 1. The Balaban J connectivity index is 2.10. The first-order chi connectivity index (χ1) is 12.0. The van der Waals surface area contributed by atoms with Crippen LogP contribution in [-0.2, 0) is 9.53 Å². The van der Waals surface area contributed by atoms with Gasteiger partial charge in [-0.05, 0) is 43.2 Å². The Hall–Kier alpha value is -3.08. The van der Waals surface area contributed by atoms with Gasteiger partial charge in [0.1, 0.15) is 11.3 Å². The lowest BCUT2D eigenvalue weighted by atomic mass is 9.99. The molecule has 0 saturated heterocycles. The summed E-state index contributed by atoms with van der Waals surface area (Å²) in [5.74, 6) is 0.0442. The Bertz CT molecular complexity index is 973. The predicted octanol–water partition coefficient (Wildman–Crippen LogP) is 3.71. The fourth-order valence-electron chi connectivity index (χ4n) is 2.76. The van der Waals surface area contributed by atoms with E-state index in [1.807, 2.05) is 37.3 Å². The number of methoxy groups -OCH3 is 1. The number of ether oxygens (including phenoxy) is 2. The van der Waals surface area contributed by atoms with Crippen molar-refractivity contribution in [3.05, 3.63) is 64.5 Å². The van der Waals surface area contributed by atoms with Crippen LogP contribution in [0.1, 0.15) is 12.5 Å².